The van der Waals surface area contributed by atoms with Crippen LogP contribution in [0.4, 0.5) is 13.2 Å². The lowest BCUT2D eigenvalue weighted by Gasteiger charge is -2.41. The van der Waals surface area contributed by atoms with Gasteiger partial charge in [-0.25, -0.2) is 0 Å². The zero-order chi connectivity index (χ0) is 14.9. The molecule has 19 heavy (non-hydrogen) atoms. The van der Waals surface area contributed by atoms with Gasteiger partial charge >= 0.3 is 6.18 Å². The number of halogens is 3. The molecule has 1 aliphatic carbocycles. The van der Waals surface area contributed by atoms with Crippen molar-refractivity contribution in [3.05, 3.63) is 0 Å². The quantitative estimate of drug-likeness (QED) is 0.731. The number of aliphatic hydroxyl groups is 1. The molecule has 3 atom stereocenters. The first-order valence-electron chi connectivity index (χ1n) is 6.33. The fourth-order valence-electron chi connectivity index (χ4n) is 2.46. The Morgan fingerprint density at radius 3 is 2.53 bits per heavy atom. The van der Waals surface area contributed by atoms with Crippen molar-refractivity contribution in [2.45, 2.75) is 56.8 Å². The molecule has 3 unspecified atom stereocenters. The van der Waals surface area contributed by atoms with Gasteiger partial charge in [-0.3, -0.25) is 4.79 Å². The summed E-state index contributed by atoms with van der Waals surface area (Å²) in [5, 5.41) is 11.8. The number of alkyl halides is 3. The van der Waals surface area contributed by atoms with Gasteiger partial charge in [-0.15, -0.1) is 0 Å². The van der Waals surface area contributed by atoms with Gasteiger partial charge in [0.25, 0.3) is 0 Å². The van der Waals surface area contributed by atoms with Gasteiger partial charge in [0.05, 0.1) is 12.1 Å². The number of aliphatic hydroxyl groups excluding tert-OH is 1. The topological polar surface area (TPSA) is 75.3 Å². The Hall–Kier alpha value is -0.820. The molecule has 0 aromatic heterocycles. The predicted octanol–water partition coefficient (Wildman–Crippen LogP) is 1.32. The van der Waals surface area contributed by atoms with Crippen molar-refractivity contribution in [1.29, 1.82) is 0 Å². The lowest BCUT2D eigenvalue weighted by molar-refractivity contribution is -0.189. The molecule has 1 saturated carbocycles. The summed E-state index contributed by atoms with van der Waals surface area (Å²) < 4.78 is 38.1. The standard InChI is InChI=1S/C12H21F3N2O2/c1-8-4-3-5-11(6-8,7-18)17-9(19)10(2,16)12(13,14)15/h8,18H,3-7,16H2,1-2H3,(H,17,19). The SMILES string of the molecule is CC1CCCC(CO)(NC(=O)C(C)(N)C(F)(F)F)C1. The Morgan fingerprint density at radius 2 is 2.11 bits per heavy atom. The maximum atomic E-state index is 12.7. The molecule has 1 aliphatic rings. The van der Waals surface area contributed by atoms with Crippen LogP contribution >= 0.6 is 0 Å². The van der Waals surface area contributed by atoms with E-state index in [1.165, 1.54) is 0 Å². The summed E-state index contributed by atoms with van der Waals surface area (Å²) in [7, 11) is 0. The molecule has 0 spiro atoms. The highest BCUT2D eigenvalue weighted by Crippen LogP contribution is 2.34. The fourth-order valence-corrected chi connectivity index (χ4v) is 2.46. The third kappa shape index (κ3) is 3.39. The highest BCUT2D eigenvalue weighted by molar-refractivity contribution is 5.87. The van der Waals surface area contributed by atoms with Crippen LogP contribution in [0.25, 0.3) is 0 Å². The molecule has 4 nitrogen and oxygen atoms in total. The van der Waals surface area contributed by atoms with Gasteiger partial charge in [-0.2, -0.15) is 13.2 Å². The van der Waals surface area contributed by atoms with Crippen LogP contribution in [-0.4, -0.2) is 34.9 Å². The van der Waals surface area contributed by atoms with Crippen molar-refractivity contribution >= 4 is 5.91 Å². The molecule has 0 heterocycles. The number of carbonyl (C=O) groups excluding carboxylic acids is 1. The number of nitrogens with two attached hydrogens (primary N) is 1. The number of carbonyl (C=O) groups is 1. The second-order valence-corrected chi connectivity index (χ2v) is 5.79. The molecular formula is C12H21F3N2O2. The number of hydrogen-bond donors (Lipinski definition) is 3. The Bertz CT molecular complexity index is 344. The van der Waals surface area contributed by atoms with E-state index in [0.29, 0.717) is 19.8 Å². The Labute approximate surface area is 110 Å². The molecule has 0 radical (unpaired) electrons. The zero-order valence-electron chi connectivity index (χ0n) is 11.2. The van der Waals surface area contributed by atoms with Gasteiger partial charge < -0.3 is 16.2 Å². The molecule has 1 rings (SSSR count). The van der Waals surface area contributed by atoms with Crippen molar-refractivity contribution in [2.75, 3.05) is 6.61 Å². The normalized spacial score (nSPS) is 31.6. The number of hydrogen-bond acceptors (Lipinski definition) is 3. The first-order valence-corrected chi connectivity index (χ1v) is 6.33. The van der Waals surface area contributed by atoms with E-state index >= 15 is 0 Å². The van der Waals surface area contributed by atoms with Crippen LogP contribution in [0.15, 0.2) is 0 Å². The van der Waals surface area contributed by atoms with Crippen molar-refractivity contribution in [3.8, 4) is 0 Å². The summed E-state index contributed by atoms with van der Waals surface area (Å²) in [4.78, 5) is 11.8. The molecule has 1 amide bonds. The second kappa shape index (κ2) is 5.28. The van der Waals surface area contributed by atoms with E-state index < -0.39 is 23.2 Å². The third-order valence-corrected chi connectivity index (χ3v) is 3.83. The molecular weight excluding hydrogens is 261 g/mol. The van der Waals surface area contributed by atoms with Crippen LogP contribution in [0.3, 0.4) is 0 Å². The van der Waals surface area contributed by atoms with Crippen molar-refractivity contribution in [3.63, 3.8) is 0 Å². The van der Waals surface area contributed by atoms with E-state index in [1.807, 2.05) is 6.92 Å². The third-order valence-electron chi connectivity index (χ3n) is 3.83. The summed E-state index contributed by atoms with van der Waals surface area (Å²) in [6.45, 7) is 2.21. The smallest absolute Gasteiger partial charge is 0.394 e. The van der Waals surface area contributed by atoms with Gasteiger partial charge in [-0.1, -0.05) is 19.8 Å². The highest BCUT2D eigenvalue weighted by Gasteiger charge is 2.55. The van der Waals surface area contributed by atoms with Crippen LogP contribution in [0.1, 0.15) is 39.5 Å². The van der Waals surface area contributed by atoms with Crippen LogP contribution in [-0.2, 0) is 4.79 Å². The van der Waals surface area contributed by atoms with Gasteiger partial charge in [0.1, 0.15) is 0 Å². The van der Waals surface area contributed by atoms with Crippen LogP contribution < -0.4 is 11.1 Å². The average molecular weight is 282 g/mol. The summed E-state index contributed by atoms with van der Waals surface area (Å²) in [5.74, 6) is -1.04. The van der Waals surface area contributed by atoms with E-state index in [1.54, 1.807) is 0 Å². The number of rotatable bonds is 3. The van der Waals surface area contributed by atoms with E-state index in [0.717, 1.165) is 12.8 Å². The molecule has 0 aromatic rings. The molecule has 0 aliphatic heterocycles. The Kier molecular flexibility index (Phi) is 4.51. The lowest BCUT2D eigenvalue weighted by atomic mass is 9.76. The molecule has 0 saturated heterocycles. The van der Waals surface area contributed by atoms with Gasteiger partial charge in [-0.05, 0) is 25.7 Å². The lowest BCUT2D eigenvalue weighted by Crippen LogP contribution is -2.66. The minimum Gasteiger partial charge on any atom is -0.394 e. The molecule has 7 heteroatoms. The Morgan fingerprint density at radius 1 is 1.53 bits per heavy atom. The van der Waals surface area contributed by atoms with Crippen molar-refractivity contribution in [2.24, 2.45) is 11.7 Å². The maximum absolute atomic E-state index is 12.7. The minimum absolute atomic E-state index is 0.246. The summed E-state index contributed by atoms with van der Waals surface area (Å²) in [5.41, 5.74) is 1.15. The van der Waals surface area contributed by atoms with Crippen LogP contribution in [0.2, 0.25) is 0 Å². The van der Waals surface area contributed by atoms with Crippen LogP contribution in [0.5, 0.6) is 0 Å². The molecule has 112 valence electrons. The molecule has 0 aromatic carbocycles. The first-order chi connectivity index (χ1) is 8.54. The molecule has 1 fully saturated rings. The number of amides is 1. The predicted molar refractivity (Wildman–Crippen MR) is 64.2 cm³/mol. The summed E-state index contributed by atoms with van der Waals surface area (Å²) >= 11 is 0. The fraction of sp³-hybridized carbons (Fsp3) is 0.917. The number of nitrogens with one attached hydrogen (secondary N) is 1. The van der Waals surface area contributed by atoms with Crippen molar-refractivity contribution in [1.82, 2.24) is 5.32 Å². The van der Waals surface area contributed by atoms with E-state index in [9.17, 15) is 23.1 Å². The summed E-state index contributed by atoms with van der Waals surface area (Å²) in [6.07, 6.45) is -2.20. The van der Waals surface area contributed by atoms with Crippen molar-refractivity contribution < 1.29 is 23.1 Å². The highest BCUT2D eigenvalue weighted by atomic mass is 19.4. The largest absolute Gasteiger partial charge is 0.415 e. The zero-order valence-corrected chi connectivity index (χ0v) is 11.2. The van der Waals surface area contributed by atoms with Gasteiger partial charge in [0, 0.05) is 0 Å². The van der Waals surface area contributed by atoms with E-state index in [-0.39, 0.29) is 12.5 Å². The summed E-state index contributed by atoms with van der Waals surface area (Å²) in [6, 6.07) is 0. The van der Waals surface area contributed by atoms with Crippen LogP contribution in [0, 0.1) is 5.92 Å². The van der Waals surface area contributed by atoms with Gasteiger partial charge in [0.15, 0.2) is 5.54 Å². The monoisotopic (exact) mass is 282 g/mol. The first kappa shape index (κ1) is 16.2. The minimum atomic E-state index is -4.83. The molecule has 0 bridgehead atoms. The second-order valence-electron chi connectivity index (χ2n) is 5.79. The Balaban J connectivity index is 2.84. The maximum Gasteiger partial charge on any atom is 0.415 e. The van der Waals surface area contributed by atoms with E-state index in [2.05, 4.69) is 5.32 Å². The average Bonchev–Trinajstić information content (AvgIpc) is 2.27. The van der Waals surface area contributed by atoms with Gasteiger partial charge in [0.2, 0.25) is 5.91 Å². The molecule has 4 N–H and O–H groups in total. The van der Waals surface area contributed by atoms with E-state index in [4.69, 9.17) is 5.73 Å².